The first-order valence-electron chi connectivity index (χ1n) is 2.77. The summed E-state index contributed by atoms with van der Waals surface area (Å²) in [5, 5.41) is 3.19. The van der Waals surface area contributed by atoms with Crippen LogP contribution in [0.4, 0.5) is 0 Å². The van der Waals surface area contributed by atoms with Gasteiger partial charge in [0.2, 0.25) is 0 Å². The molecule has 0 aromatic heterocycles. The van der Waals surface area contributed by atoms with Crippen LogP contribution in [-0.4, -0.2) is 19.2 Å². The molecule has 44 valence electrons. The van der Waals surface area contributed by atoms with Gasteiger partial charge in [-0.3, -0.25) is 10.3 Å². The molecule has 1 unspecified atom stereocenters. The summed E-state index contributed by atoms with van der Waals surface area (Å²) in [7, 11) is 0. The molecule has 2 heterocycles. The van der Waals surface area contributed by atoms with E-state index >= 15 is 0 Å². The minimum absolute atomic E-state index is 0.315. The third-order valence-corrected chi connectivity index (χ3v) is 1.53. The Balaban J connectivity index is 2.20. The molecule has 2 rings (SSSR count). The van der Waals surface area contributed by atoms with Crippen molar-refractivity contribution >= 4 is 0 Å². The second-order valence-electron chi connectivity index (χ2n) is 2.07. The van der Waals surface area contributed by atoms with Gasteiger partial charge >= 0.3 is 0 Å². The fourth-order valence-corrected chi connectivity index (χ4v) is 1.05. The van der Waals surface area contributed by atoms with Crippen molar-refractivity contribution in [3.05, 3.63) is 11.8 Å². The van der Waals surface area contributed by atoms with Crippen molar-refractivity contribution in [2.24, 2.45) is 0 Å². The molecule has 2 aliphatic heterocycles. The molecule has 3 heteroatoms. The average Bonchev–Trinajstić information content (AvgIpc) is 2.15. The number of hydrogen-bond donors (Lipinski definition) is 2. The molecule has 1 fully saturated rings. The van der Waals surface area contributed by atoms with E-state index in [1.807, 2.05) is 6.20 Å². The van der Waals surface area contributed by atoms with E-state index in [1.54, 1.807) is 0 Å². The summed E-state index contributed by atoms with van der Waals surface area (Å²) in [5.74, 6) is 0. The largest absolute Gasteiger partial charge is 0.310 e. The minimum Gasteiger partial charge on any atom is -0.310 e. The zero-order valence-corrected chi connectivity index (χ0v) is 4.48. The first-order valence-corrected chi connectivity index (χ1v) is 2.77. The van der Waals surface area contributed by atoms with Gasteiger partial charge in [-0.2, -0.15) is 0 Å². The highest BCUT2D eigenvalue weighted by molar-refractivity contribution is 5.17. The Hall–Kier alpha value is -0.540. The number of hydroxylamine groups is 1. The number of nitrogens with one attached hydrogen (secondary N) is 2. The molecular formula is C5H8N2O. The predicted octanol–water partition coefficient (Wildman–Crippen LogP) is -0.623. The van der Waals surface area contributed by atoms with Gasteiger partial charge in [-0.1, -0.05) is 0 Å². The standard InChI is InChI=1S/C5H8N2O/c1-4-2-7-8-5(4)3-6-1/h2,5-7H,1,3H2. The topological polar surface area (TPSA) is 33.3 Å². The molecular weight excluding hydrogens is 104 g/mol. The zero-order valence-electron chi connectivity index (χ0n) is 4.48. The molecule has 0 aliphatic carbocycles. The maximum Gasteiger partial charge on any atom is 0.122 e. The number of rotatable bonds is 0. The van der Waals surface area contributed by atoms with Crippen LogP contribution in [0.1, 0.15) is 0 Å². The smallest absolute Gasteiger partial charge is 0.122 e. The van der Waals surface area contributed by atoms with Gasteiger partial charge in [-0.25, -0.2) is 0 Å². The van der Waals surface area contributed by atoms with Crippen molar-refractivity contribution in [1.29, 1.82) is 0 Å². The fourth-order valence-electron chi connectivity index (χ4n) is 1.05. The van der Waals surface area contributed by atoms with Gasteiger partial charge in [0.1, 0.15) is 6.10 Å². The van der Waals surface area contributed by atoms with Crippen molar-refractivity contribution in [2.45, 2.75) is 6.10 Å². The van der Waals surface area contributed by atoms with Crippen LogP contribution in [0.15, 0.2) is 11.8 Å². The van der Waals surface area contributed by atoms with Gasteiger partial charge in [0, 0.05) is 19.3 Å². The lowest BCUT2D eigenvalue weighted by Crippen LogP contribution is -2.18. The lowest BCUT2D eigenvalue weighted by Gasteiger charge is -1.99. The van der Waals surface area contributed by atoms with E-state index in [-0.39, 0.29) is 0 Å². The molecule has 3 nitrogen and oxygen atoms in total. The summed E-state index contributed by atoms with van der Waals surface area (Å²) in [6.07, 6.45) is 2.24. The minimum atomic E-state index is 0.315. The van der Waals surface area contributed by atoms with Crippen LogP contribution in [0.25, 0.3) is 0 Å². The highest BCUT2D eigenvalue weighted by Crippen LogP contribution is 2.13. The second-order valence-corrected chi connectivity index (χ2v) is 2.07. The molecule has 0 spiro atoms. The Morgan fingerprint density at radius 1 is 1.75 bits per heavy atom. The van der Waals surface area contributed by atoms with E-state index in [9.17, 15) is 0 Å². The van der Waals surface area contributed by atoms with Crippen LogP contribution in [-0.2, 0) is 4.84 Å². The molecule has 0 aromatic rings. The Kier molecular flexibility index (Phi) is 0.797. The Morgan fingerprint density at radius 2 is 2.75 bits per heavy atom. The Morgan fingerprint density at radius 3 is 3.62 bits per heavy atom. The molecule has 0 amide bonds. The zero-order chi connectivity index (χ0) is 5.40. The third kappa shape index (κ3) is 0.454. The summed E-state index contributed by atoms with van der Waals surface area (Å²) in [6.45, 7) is 1.94. The van der Waals surface area contributed by atoms with Crippen LogP contribution >= 0.6 is 0 Å². The lowest BCUT2D eigenvalue weighted by atomic mass is 10.2. The molecule has 0 saturated carbocycles. The number of fused-ring (bicyclic) bond motifs is 1. The summed E-state index contributed by atoms with van der Waals surface area (Å²) in [5.41, 5.74) is 4.06. The van der Waals surface area contributed by atoms with Crippen LogP contribution < -0.4 is 10.8 Å². The van der Waals surface area contributed by atoms with E-state index in [1.165, 1.54) is 5.57 Å². The van der Waals surface area contributed by atoms with Crippen molar-refractivity contribution in [1.82, 2.24) is 10.8 Å². The van der Waals surface area contributed by atoms with Gasteiger partial charge in [0.15, 0.2) is 0 Å². The Labute approximate surface area is 47.7 Å². The molecule has 2 N–H and O–H groups in total. The SMILES string of the molecule is C1=C2CNCC2ON1. The summed E-state index contributed by atoms with van der Waals surface area (Å²) in [6, 6.07) is 0. The molecule has 2 aliphatic rings. The molecule has 0 aromatic carbocycles. The number of hydrogen-bond acceptors (Lipinski definition) is 3. The van der Waals surface area contributed by atoms with E-state index in [2.05, 4.69) is 10.8 Å². The van der Waals surface area contributed by atoms with Gasteiger partial charge in [0.25, 0.3) is 0 Å². The van der Waals surface area contributed by atoms with Gasteiger partial charge < -0.3 is 5.32 Å². The van der Waals surface area contributed by atoms with Crippen molar-refractivity contribution < 1.29 is 4.84 Å². The molecule has 1 atom stereocenters. The van der Waals surface area contributed by atoms with Crippen molar-refractivity contribution in [3.8, 4) is 0 Å². The van der Waals surface area contributed by atoms with Crippen LogP contribution in [0.3, 0.4) is 0 Å². The molecule has 1 saturated heterocycles. The average molecular weight is 112 g/mol. The Bertz CT molecular complexity index is 132. The molecule has 0 bridgehead atoms. The van der Waals surface area contributed by atoms with E-state index in [4.69, 9.17) is 4.84 Å². The maximum atomic E-state index is 5.07. The normalized spacial score (nSPS) is 34.0. The van der Waals surface area contributed by atoms with Crippen LogP contribution in [0.5, 0.6) is 0 Å². The highest BCUT2D eigenvalue weighted by atomic mass is 16.7. The first kappa shape index (κ1) is 4.35. The van der Waals surface area contributed by atoms with E-state index in [0.717, 1.165) is 13.1 Å². The van der Waals surface area contributed by atoms with E-state index in [0.29, 0.717) is 6.10 Å². The second kappa shape index (κ2) is 1.47. The fraction of sp³-hybridized carbons (Fsp3) is 0.600. The summed E-state index contributed by atoms with van der Waals surface area (Å²) in [4.78, 5) is 5.07. The highest BCUT2D eigenvalue weighted by Gasteiger charge is 2.24. The van der Waals surface area contributed by atoms with Crippen LogP contribution in [0.2, 0.25) is 0 Å². The van der Waals surface area contributed by atoms with Crippen molar-refractivity contribution in [3.63, 3.8) is 0 Å². The van der Waals surface area contributed by atoms with Crippen LogP contribution in [0, 0.1) is 0 Å². The maximum absolute atomic E-state index is 5.07. The molecule has 0 radical (unpaired) electrons. The molecule has 8 heavy (non-hydrogen) atoms. The quantitative estimate of drug-likeness (QED) is 0.438. The predicted molar refractivity (Wildman–Crippen MR) is 29.0 cm³/mol. The lowest BCUT2D eigenvalue weighted by molar-refractivity contribution is 0.0520. The van der Waals surface area contributed by atoms with Gasteiger partial charge in [0.05, 0.1) is 0 Å². The van der Waals surface area contributed by atoms with E-state index < -0.39 is 0 Å². The van der Waals surface area contributed by atoms with Crippen molar-refractivity contribution in [2.75, 3.05) is 13.1 Å². The first-order chi connectivity index (χ1) is 3.97. The summed E-state index contributed by atoms with van der Waals surface area (Å²) < 4.78 is 0. The monoisotopic (exact) mass is 112 g/mol. The van der Waals surface area contributed by atoms with Gasteiger partial charge in [-0.05, 0) is 5.57 Å². The third-order valence-electron chi connectivity index (χ3n) is 1.53. The summed E-state index contributed by atoms with van der Waals surface area (Å²) >= 11 is 0. The van der Waals surface area contributed by atoms with Gasteiger partial charge in [-0.15, -0.1) is 0 Å².